The van der Waals surface area contributed by atoms with Gasteiger partial charge in [-0.1, -0.05) is 37.6 Å². The monoisotopic (exact) mass is 294 g/mol. The second-order valence-electron chi connectivity index (χ2n) is 5.68. The van der Waals surface area contributed by atoms with Crippen molar-refractivity contribution in [2.24, 2.45) is 5.92 Å². The topological polar surface area (TPSA) is 55.1 Å². The maximum absolute atomic E-state index is 11.9. The highest BCUT2D eigenvalue weighted by atomic mass is 16.3. The highest BCUT2D eigenvalue weighted by Crippen LogP contribution is 2.29. The number of fused-ring (bicyclic) bond motifs is 1. The molecule has 0 aliphatic rings. The van der Waals surface area contributed by atoms with Crippen LogP contribution in [0.4, 0.5) is 5.69 Å². The standard InChI is InChI=1S/C18H18N2O2/c1-11(2)17(21)19-14-5-4-6-15-16(14)20-18(22-15)13-9-7-12(3)8-10-13/h4-11H,1-3H3,(H,19,21). The minimum atomic E-state index is -0.0845. The molecule has 2 aromatic carbocycles. The normalized spacial score (nSPS) is 11.1. The molecule has 1 N–H and O–H groups in total. The van der Waals surface area contributed by atoms with Gasteiger partial charge in [-0.25, -0.2) is 4.98 Å². The van der Waals surface area contributed by atoms with Gasteiger partial charge in [0.1, 0.15) is 5.52 Å². The summed E-state index contributed by atoms with van der Waals surface area (Å²) in [7, 11) is 0. The molecule has 0 saturated carbocycles. The van der Waals surface area contributed by atoms with E-state index in [0.29, 0.717) is 22.7 Å². The third kappa shape index (κ3) is 2.72. The van der Waals surface area contributed by atoms with E-state index < -0.39 is 0 Å². The number of rotatable bonds is 3. The van der Waals surface area contributed by atoms with Gasteiger partial charge in [0.05, 0.1) is 5.69 Å². The number of carbonyl (C=O) groups excluding carboxylic acids is 1. The molecular weight excluding hydrogens is 276 g/mol. The second-order valence-corrected chi connectivity index (χ2v) is 5.68. The SMILES string of the molecule is Cc1ccc(-c2nc3c(NC(=O)C(C)C)cccc3o2)cc1. The number of benzene rings is 2. The summed E-state index contributed by atoms with van der Waals surface area (Å²) in [5.41, 5.74) is 4.12. The summed E-state index contributed by atoms with van der Waals surface area (Å²) in [5, 5.41) is 2.90. The summed E-state index contributed by atoms with van der Waals surface area (Å²) >= 11 is 0. The number of hydrogen-bond donors (Lipinski definition) is 1. The van der Waals surface area contributed by atoms with Crippen molar-refractivity contribution in [1.29, 1.82) is 0 Å². The quantitative estimate of drug-likeness (QED) is 0.779. The number of aryl methyl sites for hydroxylation is 1. The van der Waals surface area contributed by atoms with E-state index in [2.05, 4.69) is 10.3 Å². The van der Waals surface area contributed by atoms with Crippen LogP contribution >= 0.6 is 0 Å². The van der Waals surface area contributed by atoms with E-state index in [1.54, 1.807) is 0 Å². The largest absolute Gasteiger partial charge is 0.436 e. The zero-order valence-corrected chi connectivity index (χ0v) is 12.9. The molecule has 0 fully saturated rings. The molecule has 0 radical (unpaired) electrons. The van der Waals surface area contributed by atoms with E-state index in [0.717, 1.165) is 5.56 Å². The lowest BCUT2D eigenvalue weighted by Gasteiger charge is -2.07. The first kappa shape index (κ1) is 14.3. The maximum Gasteiger partial charge on any atom is 0.227 e. The minimum absolute atomic E-state index is 0.0348. The first-order valence-electron chi connectivity index (χ1n) is 7.32. The van der Waals surface area contributed by atoms with Crippen molar-refractivity contribution in [3.63, 3.8) is 0 Å². The van der Waals surface area contributed by atoms with E-state index in [1.165, 1.54) is 5.56 Å². The molecule has 0 spiro atoms. The van der Waals surface area contributed by atoms with Crippen LogP contribution < -0.4 is 5.32 Å². The molecule has 0 aliphatic heterocycles. The molecule has 0 aliphatic carbocycles. The van der Waals surface area contributed by atoms with E-state index in [4.69, 9.17) is 4.42 Å². The molecular formula is C18H18N2O2. The third-order valence-corrected chi connectivity index (χ3v) is 3.50. The Hall–Kier alpha value is -2.62. The molecule has 1 amide bonds. The van der Waals surface area contributed by atoms with E-state index >= 15 is 0 Å². The molecule has 4 heteroatoms. The van der Waals surface area contributed by atoms with Crippen LogP contribution in [0.15, 0.2) is 46.9 Å². The molecule has 4 nitrogen and oxygen atoms in total. The van der Waals surface area contributed by atoms with Gasteiger partial charge in [0.15, 0.2) is 5.58 Å². The molecule has 0 unspecified atom stereocenters. The van der Waals surface area contributed by atoms with Crippen LogP contribution in [-0.4, -0.2) is 10.9 Å². The Bertz CT molecular complexity index is 817. The van der Waals surface area contributed by atoms with Crippen molar-refractivity contribution >= 4 is 22.7 Å². The number of nitrogens with one attached hydrogen (secondary N) is 1. The number of anilines is 1. The van der Waals surface area contributed by atoms with Crippen LogP contribution in [0.3, 0.4) is 0 Å². The van der Waals surface area contributed by atoms with Gasteiger partial charge in [-0.15, -0.1) is 0 Å². The van der Waals surface area contributed by atoms with Gasteiger partial charge in [-0.2, -0.15) is 0 Å². The van der Waals surface area contributed by atoms with Gasteiger partial charge in [-0.3, -0.25) is 4.79 Å². The number of amides is 1. The van der Waals surface area contributed by atoms with Crippen molar-refractivity contribution in [2.75, 3.05) is 5.32 Å². The van der Waals surface area contributed by atoms with Crippen LogP contribution in [0.2, 0.25) is 0 Å². The molecule has 112 valence electrons. The predicted molar refractivity (Wildman–Crippen MR) is 87.6 cm³/mol. The van der Waals surface area contributed by atoms with Crippen LogP contribution in [0.1, 0.15) is 19.4 Å². The number of carbonyl (C=O) groups is 1. The molecule has 0 saturated heterocycles. The third-order valence-electron chi connectivity index (χ3n) is 3.50. The number of aromatic nitrogens is 1. The Morgan fingerprint density at radius 1 is 1.14 bits per heavy atom. The van der Waals surface area contributed by atoms with Gasteiger partial charge in [0.2, 0.25) is 11.8 Å². The van der Waals surface area contributed by atoms with Gasteiger partial charge in [0.25, 0.3) is 0 Å². The fourth-order valence-corrected chi connectivity index (χ4v) is 2.15. The number of oxazole rings is 1. The van der Waals surface area contributed by atoms with Crippen molar-refractivity contribution in [2.45, 2.75) is 20.8 Å². The van der Waals surface area contributed by atoms with Crippen LogP contribution in [0, 0.1) is 12.8 Å². The molecule has 3 rings (SSSR count). The van der Waals surface area contributed by atoms with Crippen LogP contribution in [-0.2, 0) is 4.79 Å². The van der Waals surface area contributed by atoms with E-state index in [1.807, 2.05) is 63.2 Å². The lowest BCUT2D eigenvalue weighted by atomic mass is 10.1. The lowest BCUT2D eigenvalue weighted by Crippen LogP contribution is -2.17. The van der Waals surface area contributed by atoms with Crippen molar-refractivity contribution in [3.8, 4) is 11.5 Å². The Balaban J connectivity index is 2.02. The highest BCUT2D eigenvalue weighted by molar-refractivity contribution is 6.00. The summed E-state index contributed by atoms with van der Waals surface area (Å²) in [5.74, 6) is 0.437. The van der Waals surface area contributed by atoms with Crippen LogP contribution in [0.25, 0.3) is 22.6 Å². The zero-order valence-electron chi connectivity index (χ0n) is 12.9. The Labute approximate surface area is 129 Å². The fourth-order valence-electron chi connectivity index (χ4n) is 2.15. The van der Waals surface area contributed by atoms with Crippen molar-refractivity contribution in [1.82, 2.24) is 4.98 Å². The van der Waals surface area contributed by atoms with Gasteiger partial charge < -0.3 is 9.73 Å². The fraction of sp³-hybridized carbons (Fsp3) is 0.222. The van der Waals surface area contributed by atoms with Gasteiger partial charge in [0, 0.05) is 11.5 Å². The van der Waals surface area contributed by atoms with Gasteiger partial charge in [-0.05, 0) is 31.2 Å². The zero-order chi connectivity index (χ0) is 15.7. The number of nitrogens with zero attached hydrogens (tertiary/aromatic N) is 1. The minimum Gasteiger partial charge on any atom is -0.436 e. The Morgan fingerprint density at radius 2 is 1.86 bits per heavy atom. The molecule has 22 heavy (non-hydrogen) atoms. The summed E-state index contributed by atoms with van der Waals surface area (Å²) in [6, 6.07) is 13.5. The van der Waals surface area contributed by atoms with E-state index in [9.17, 15) is 4.79 Å². The van der Waals surface area contributed by atoms with Gasteiger partial charge >= 0.3 is 0 Å². The summed E-state index contributed by atoms with van der Waals surface area (Å²) in [4.78, 5) is 16.4. The first-order valence-corrected chi connectivity index (χ1v) is 7.32. The van der Waals surface area contributed by atoms with E-state index in [-0.39, 0.29) is 11.8 Å². The molecule has 1 heterocycles. The maximum atomic E-state index is 11.9. The molecule has 0 bridgehead atoms. The Kier molecular flexibility index (Phi) is 3.67. The van der Waals surface area contributed by atoms with Crippen molar-refractivity contribution in [3.05, 3.63) is 48.0 Å². The first-order chi connectivity index (χ1) is 10.5. The number of para-hydroxylation sites is 1. The summed E-state index contributed by atoms with van der Waals surface area (Å²) in [6.07, 6.45) is 0. The highest BCUT2D eigenvalue weighted by Gasteiger charge is 2.14. The average Bonchev–Trinajstić information content (AvgIpc) is 2.93. The molecule has 1 aromatic heterocycles. The van der Waals surface area contributed by atoms with Crippen LogP contribution in [0.5, 0.6) is 0 Å². The van der Waals surface area contributed by atoms with Crippen molar-refractivity contribution < 1.29 is 9.21 Å². The Morgan fingerprint density at radius 3 is 2.55 bits per heavy atom. The summed E-state index contributed by atoms with van der Waals surface area (Å²) < 4.78 is 5.81. The second kappa shape index (κ2) is 5.64. The smallest absolute Gasteiger partial charge is 0.227 e. The summed E-state index contributed by atoms with van der Waals surface area (Å²) in [6.45, 7) is 5.75. The molecule has 3 aromatic rings. The average molecular weight is 294 g/mol. The predicted octanol–water partition coefficient (Wildman–Crippen LogP) is 4.40. The lowest BCUT2D eigenvalue weighted by molar-refractivity contribution is -0.118. The molecule has 0 atom stereocenters. The number of hydrogen-bond acceptors (Lipinski definition) is 3.